The zero-order chi connectivity index (χ0) is 19.7. The maximum atomic E-state index is 13.3. The Kier molecular flexibility index (Phi) is 9.27. The Hall–Kier alpha value is -1.95. The number of carbonyl (C=O) groups is 1. The zero-order valence-electron chi connectivity index (χ0n) is 16.0. The minimum Gasteiger partial charge on any atom is -0.504 e. The van der Waals surface area contributed by atoms with Crippen molar-refractivity contribution in [3.05, 3.63) is 22.7 Å². The third-order valence-electron chi connectivity index (χ3n) is 4.15. The summed E-state index contributed by atoms with van der Waals surface area (Å²) in [6.07, 6.45) is 4.54. The van der Waals surface area contributed by atoms with Crippen LogP contribution in [0.2, 0.25) is 5.02 Å². The van der Waals surface area contributed by atoms with E-state index in [1.54, 1.807) is 0 Å². The molecule has 0 heterocycles. The number of phenols is 2. The highest BCUT2D eigenvalue weighted by Gasteiger charge is 2.29. The summed E-state index contributed by atoms with van der Waals surface area (Å²) in [4.78, 5) is 20.0. The van der Waals surface area contributed by atoms with Crippen molar-refractivity contribution in [1.82, 2.24) is 4.90 Å². The molecule has 0 atom stereocenters. The van der Waals surface area contributed by atoms with Crippen LogP contribution in [0.4, 0.5) is 0 Å². The molecule has 0 saturated carbocycles. The summed E-state index contributed by atoms with van der Waals surface area (Å²) < 4.78 is 0. The molecule has 1 amide bonds. The summed E-state index contributed by atoms with van der Waals surface area (Å²) in [6.45, 7) is 6.79. The molecule has 0 aliphatic carbocycles. The number of amides is 1. The van der Waals surface area contributed by atoms with E-state index >= 15 is 0 Å². The number of carbonyl (C=O) groups excluding carboxylic acids is 1. The van der Waals surface area contributed by atoms with Crippen molar-refractivity contribution < 1.29 is 19.8 Å². The average Bonchev–Trinajstić information content (AvgIpc) is 2.62. The predicted molar refractivity (Wildman–Crippen MR) is 104 cm³/mol. The summed E-state index contributed by atoms with van der Waals surface area (Å²) in [5.74, 6) is -1.14. The van der Waals surface area contributed by atoms with Gasteiger partial charge in [-0.05, 0) is 31.4 Å². The minimum absolute atomic E-state index is 0.0125. The van der Waals surface area contributed by atoms with Crippen molar-refractivity contribution in [2.75, 3.05) is 13.7 Å². The Morgan fingerprint density at radius 2 is 1.81 bits per heavy atom. The van der Waals surface area contributed by atoms with E-state index in [1.807, 2.05) is 11.8 Å². The second-order valence-corrected chi connectivity index (χ2v) is 6.52. The maximum absolute atomic E-state index is 13.3. The third kappa shape index (κ3) is 5.27. The summed E-state index contributed by atoms with van der Waals surface area (Å²) >= 11 is 6.14. The number of nitrogens with zero attached hydrogens (tertiary/aromatic N) is 2. The lowest BCUT2D eigenvalue weighted by molar-refractivity contribution is -0.126. The van der Waals surface area contributed by atoms with Crippen molar-refractivity contribution in [3.8, 4) is 11.5 Å². The Labute approximate surface area is 160 Å². The van der Waals surface area contributed by atoms with Crippen LogP contribution in [0, 0.1) is 0 Å². The van der Waals surface area contributed by atoms with Crippen molar-refractivity contribution >= 4 is 23.2 Å². The Morgan fingerprint density at radius 3 is 2.31 bits per heavy atom. The fourth-order valence-corrected chi connectivity index (χ4v) is 3.23. The fourth-order valence-electron chi connectivity index (χ4n) is 2.98. The van der Waals surface area contributed by atoms with Gasteiger partial charge >= 0.3 is 0 Å². The average molecular weight is 385 g/mol. The number of aromatic hydroxyl groups is 2. The lowest BCUT2D eigenvalue weighted by Gasteiger charge is -2.32. The number of hydrogen-bond acceptors (Lipinski definition) is 5. The molecule has 1 aromatic carbocycles. The summed E-state index contributed by atoms with van der Waals surface area (Å²) in [7, 11) is 1.35. The molecule has 146 valence electrons. The van der Waals surface area contributed by atoms with Crippen LogP contribution in [0.3, 0.4) is 0 Å². The van der Waals surface area contributed by atoms with Gasteiger partial charge in [-0.2, -0.15) is 0 Å². The van der Waals surface area contributed by atoms with Crippen molar-refractivity contribution in [1.29, 1.82) is 0 Å². The Bertz CT molecular complexity index is 628. The first-order valence-electron chi connectivity index (χ1n) is 9.05. The molecule has 1 rings (SSSR count). The first-order valence-corrected chi connectivity index (χ1v) is 9.43. The third-order valence-corrected chi connectivity index (χ3v) is 4.53. The standard InChI is InChI=1S/C19H29ClN2O4/c1-5-8-13(9-6-2)22(12-7-3)19(25)17(21-26-4)14-10-11-15(23)18(24)16(14)20/h10-11,13,23-24H,5-9,12H2,1-4H3/b21-17-. The van der Waals surface area contributed by atoms with Crippen LogP contribution in [-0.2, 0) is 9.63 Å². The van der Waals surface area contributed by atoms with Gasteiger partial charge in [-0.1, -0.05) is 50.4 Å². The lowest BCUT2D eigenvalue weighted by Crippen LogP contribution is -2.44. The molecule has 2 N–H and O–H groups in total. The SMILES string of the molecule is CCCC(CCC)N(CCC)C(=O)/C(=N\OC)c1ccc(O)c(O)c1Cl. The maximum Gasteiger partial charge on any atom is 0.276 e. The van der Waals surface area contributed by atoms with Gasteiger partial charge < -0.3 is 20.0 Å². The normalized spacial score (nSPS) is 11.7. The first-order chi connectivity index (χ1) is 12.4. The lowest BCUT2D eigenvalue weighted by atomic mass is 10.0. The van der Waals surface area contributed by atoms with Crippen LogP contribution in [0.25, 0.3) is 0 Å². The molecule has 0 unspecified atom stereocenters. The van der Waals surface area contributed by atoms with Crippen molar-refractivity contribution in [2.24, 2.45) is 5.16 Å². The number of phenolic OH excluding ortho intramolecular Hbond substituents is 2. The van der Waals surface area contributed by atoms with Crippen LogP contribution < -0.4 is 0 Å². The van der Waals surface area contributed by atoms with E-state index in [0.717, 1.165) is 32.1 Å². The van der Waals surface area contributed by atoms with E-state index in [1.165, 1.54) is 19.2 Å². The van der Waals surface area contributed by atoms with E-state index in [2.05, 4.69) is 19.0 Å². The highest BCUT2D eigenvalue weighted by molar-refractivity contribution is 6.49. The molecule has 0 aliphatic heterocycles. The number of hydrogen-bond donors (Lipinski definition) is 2. The van der Waals surface area contributed by atoms with Gasteiger partial charge in [-0.3, -0.25) is 4.79 Å². The first kappa shape index (κ1) is 22.1. The zero-order valence-corrected chi connectivity index (χ0v) is 16.7. The van der Waals surface area contributed by atoms with E-state index in [0.29, 0.717) is 6.54 Å². The van der Waals surface area contributed by atoms with Gasteiger partial charge in [0.05, 0.1) is 5.02 Å². The molecular weight excluding hydrogens is 356 g/mol. The highest BCUT2D eigenvalue weighted by Crippen LogP contribution is 2.36. The van der Waals surface area contributed by atoms with Gasteiger partial charge in [0.15, 0.2) is 17.2 Å². The van der Waals surface area contributed by atoms with Gasteiger partial charge in [0.2, 0.25) is 0 Å². The van der Waals surface area contributed by atoms with E-state index in [-0.39, 0.29) is 34.0 Å². The Morgan fingerprint density at radius 1 is 1.19 bits per heavy atom. The van der Waals surface area contributed by atoms with E-state index in [9.17, 15) is 15.0 Å². The molecule has 7 heteroatoms. The molecular formula is C19H29ClN2O4. The van der Waals surface area contributed by atoms with E-state index in [4.69, 9.17) is 16.4 Å². The van der Waals surface area contributed by atoms with Gasteiger partial charge in [-0.15, -0.1) is 0 Å². The van der Waals surface area contributed by atoms with Gasteiger partial charge in [0, 0.05) is 18.2 Å². The summed E-state index contributed by atoms with van der Waals surface area (Å²) in [5, 5.41) is 23.2. The molecule has 0 radical (unpaired) electrons. The molecule has 0 saturated heterocycles. The van der Waals surface area contributed by atoms with Gasteiger partial charge in [0.1, 0.15) is 7.11 Å². The highest BCUT2D eigenvalue weighted by atomic mass is 35.5. The fraction of sp³-hybridized carbons (Fsp3) is 0.579. The minimum atomic E-state index is -0.485. The second kappa shape index (κ2) is 10.9. The van der Waals surface area contributed by atoms with E-state index < -0.39 is 5.75 Å². The smallest absolute Gasteiger partial charge is 0.276 e. The van der Waals surface area contributed by atoms with Crippen LogP contribution >= 0.6 is 11.6 Å². The monoisotopic (exact) mass is 384 g/mol. The number of rotatable bonds is 10. The molecule has 0 bridgehead atoms. The van der Waals surface area contributed by atoms with Crippen LogP contribution in [-0.4, -0.2) is 46.4 Å². The van der Waals surface area contributed by atoms with Gasteiger partial charge in [0.25, 0.3) is 5.91 Å². The molecule has 0 aliphatic rings. The topological polar surface area (TPSA) is 82.4 Å². The van der Waals surface area contributed by atoms with Crippen molar-refractivity contribution in [3.63, 3.8) is 0 Å². The second-order valence-electron chi connectivity index (χ2n) is 6.15. The summed E-state index contributed by atoms with van der Waals surface area (Å²) in [5.41, 5.74) is 0.236. The van der Waals surface area contributed by atoms with Crippen molar-refractivity contribution in [2.45, 2.75) is 58.9 Å². The summed E-state index contributed by atoms with van der Waals surface area (Å²) in [6, 6.07) is 2.82. The number of oxime groups is 1. The molecule has 0 fully saturated rings. The predicted octanol–water partition coefficient (Wildman–Crippen LogP) is 4.31. The molecule has 0 aromatic heterocycles. The largest absolute Gasteiger partial charge is 0.504 e. The Balaban J connectivity index is 3.35. The van der Waals surface area contributed by atoms with Crippen LogP contribution in [0.15, 0.2) is 17.3 Å². The quantitative estimate of drug-likeness (QED) is 0.357. The van der Waals surface area contributed by atoms with Crippen LogP contribution in [0.1, 0.15) is 58.4 Å². The van der Waals surface area contributed by atoms with Crippen LogP contribution in [0.5, 0.6) is 11.5 Å². The number of halogens is 1. The molecule has 0 spiro atoms. The molecule has 6 nitrogen and oxygen atoms in total. The molecule has 1 aromatic rings. The number of benzene rings is 1. The van der Waals surface area contributed by atoms with Gasteiger partial charge in [-0.25, -0.2) is 0 Å². The molecule has 26 heavy (non-hydrogen) atoms.